The Morgan fingerprint density at radius 1 is 0.947 bits per heavy atom. The number of aromatic nitrogens is 1. The zero-order chi connectivity index (χ0) is 26.8. The van der Waals surface area contributed by atoms with Crippen LogP contribution in [0.4, 0.5) is 5.13 Å². The third-order valence-electron chi connectivity index (χ3n) is 6.14. The Morgan fingerprint density at radius 3 is 2.39 bits per heavy atom. The summed E-state index contributed by atoms with van der Waals surface area (Å²) in [5, 5.41) is 11.8. The van der Waals surface area contributed by atoms with Gasteiger partial charge >= 0.3 is 5.91 Å². The van der Waals surface area contributed by atoms with Gasteiger partial charge in [-0.3, -0.25) is 14.5 Å². The fourth-order valence-electron chi connectivity index (χ4n) is 4.46. The van der Waals surface area contributed by atoms with E-state index in [2.05, 4.69) is 4.98 Å². The second-order valence-electron chi connectivity index (χ2n) is 8.47. The number of ketones is 1. The summed E-state index contributed by atoms with van der Waals surface area (Å²) >= 11 is 1.27. The van der Waals surface area contributed by atoms with E-state index in [-0.39, 0.29) is 11.3 Å². The zero-order valence-corrected chi connectivity index (χ0v) is 22.0. The third-order valence-corrected chi connectivity index (χ3v) is 7.16. The van der Waals surface area contributed by atoms with Crippen molar-refractivity contribution in [3.05, 3.63) is 83.4 Å². The minimum atomic E-state index is -0.923. The van der Waals surface area contributed by atoms with Crippen molar-refractivity contribution in [2.75, 3.05) is 25.2 Å². The van der Waals surface area contributed by atoms with Gasteiger partial charge in [0.2, 0.25) is 0 Å². The lowest BCUT2D eigenvalue weighted by molar-refractivity contribution is -0.132. The average Bonchev–Trinajstić information content (AvgIpc) is 3.46. The molecule has 5 rings (SSSR count). The van der Waals surface area contributed by atoms with Crippen LogP contribution >= 0.6 is 11.3 Å². The molecular formula is C29H26N2O6S. The van der Waals surface area contributed by atoms with Crippen LogP contribution in [0.25, 0.3) is 16.0 Å². The predicted molar refractivity (Wildman–Crippen MR) is 146 cm³/mol. The molecule has 3 aromatic carbocycles. The van der Waals surface area contributed by atoms with Gasteiger partial charge < -0.3 is 19.3 Å². The topological polar surface area (TPSA) is 98.2 Å². The number of anilines is 1. The molecule has 1 aromatic heterocycles. The van der Waals surface area contributed by atoms with Crippen LogP contribution in [0.3, 0.4) is 0 Å². The normalized spacial score (nSPS) is 16.7. The van der Waals surface area contributed by atoms with Crippen molar-refractivity contribution in [2.24, 2.45) is 0 Å². The second-order valence-corrected chi connectivity index (χ2v) is 9.47. The van der Waals surface area contributed by atoms with Gasteiger partial charge in [0, 0.05) is 5.56 Å². The molecule has 1 N–H and O–H groups in total. The van der Waals surface area contributed by atoms with Gasteiger partial charge in [-0.25, -0.2) is 4.98 Å². The van der Waals surface area contributed by atoms with Crippen molar-refractivity contribution in [3.63, 3.8) is 0 Å². The Labute approximate surface area is 223 Å². The van der Waals surface area contributed by atoms with E-state index in [1.54, 1.807) is 55.6 Å². The van der Waals surface area contributed by atoms with Crippen molar-refractivity contribution in [1.82, 2.24) is 4.98 Å². The van der Waals surface area contributed by atoms with Crippen molar-refractivity contribution < 1.29 is 28.9 Å². The Hall–Kier alpha value is -4.37. The Bertz CT molecular complexity index is 1560. The highest BCUT2D eigenvalue weighted by atomic mass is 32.1. The maximum atomic E-state index is 13.5. The fraction of sp³-hybridized carbons (Fsp3) is 0.207. The number of aliphatic hydroxyl groups excluding tert-OH is 1. The Balaban J connectivity index is 1.69. The largest absolute Gasteiger partial charge is 0.507 e. The number of thiazole rings is 1. The number of Topliss-reactive ketones (excluding diaryl/α,β-unsaturated/α-hetero) is 1. The summed E-state index contributed by atoms with van der Waals surface area (Å²) in [4.78, 5) is 33.0. The standard InChI is InChI=1S/C29H26N2O6S/c1-4-36-20-11-7-9-18(15-20)26(32)24-25(17-8-6-10-19(14-17)35-3)31(28(34)27(24)33)29-30-22-13-12-21(37-5-2)16-23(22)38-29/h6-16,25,32H,4-5H2,1-3H3/b26-24+. The van der Waals surface area contributed by atoms with Crippen LogP contribution in [0.2, 0.25) is 0 Å². The number of aliphatic hydroxyl groups is 1. The number of amides is 1. The van der Waals surface area contributed by atoms with Gasteiger partial charge in [0.05, 0.1) is 42.2 Å². The van der Waals surface area contributed by atoms with Gasteiger partial charge in [-0.1, -0.05) is 35.6 Å². The highest BCUT2D eigenvalue weighted by Crippen LogP contribution is 2.45. The van der Waals surface area contributed by atoms with Crippen LogP contribution in [0, 0.1) is 0 Å². The Kier molecular flexibility index (Phi) is 7.02. The summed E-state index contributed by atoms with van der Waals surface area (Å²) in [6.45, 7) is 4.73. The van der Waals surface area contributed by atoms with Gasteiger partial charge in [0.15, 0.2) is 5.13 Å². The van der Waals surface area contributed by atoms with E-state index in [4.69, 9.17) is 14.2 Å². The summed E-state index contributed by atoms with van der Waals surface area (Å²) in [6.07, 6.45) is 0. The second kappa shape index (κ2) is 10.5. The molecule has 2 heterocycles. The van der Waals surface area contributed by atoms with E-state index in [1.165, 1.54) is 16.2 Å². The molecule has 4 aromatic rings. The molecule has 38 heavy (non-hydrogen) atoms. The third kappa shape index (κ3) is 4.56. The number of ether oxygens (including phenoxy) is 3. The first-order valence-electron chi connectivity index (χ1n) is 12.2. The molecule has 1 amide bonds. The number of methoxy groups -OCH3 is 1. The van der Waals surface area contributed by atoms with Crippen LogP contribution in [0.1, 0.15) is 31.0 Å². The van der Waals surface area contributed by atoms with Crippen LogP contribution in [0.5, 0.6) is 17.2 Å². The molecular weight excluding hydrogens is 504 g/mol. The molecule has 0 radical (unpaired) electrons. The zero-order valence-electron chi connectivity index (χ0n) is 21.1. The lowest BCUT2D eigenvalue weighted by atomic mass is 9.95. The summed E-state index contributed by atoms with van der Waals surface area (Å²) < 4.78 is 17.4. The van der Waals surface area contributed by atoms with Crippen molar-refractivity contribution in [3.8, 4) is 17.2 Å². The van der Waals surface area contributed by atoms with Gasteiger partial charge in [-0.2, -0.15) is 0 Å². The number of carbonyl (C=O) groups excluding carboxylic acids is 2. The number of nitrogens with zero attached hydrogens (tertiary/aromatic N) is 2. The first-order chi connectivity index (χ1) is 18.4. The minimum Gasteiger partial charge on any atom is -0.507 e. The van der Waals surface area contributed by atoms with Crippen LogP contribution < -0.4 is 19.1 Å². The number of carbonyl (C=O) groups is 2. The minimum absolute atomic E-state index is 0.0360. The smallest absolute Gasteiger partial charge is 0.301 e. The number of hydrogen-bond acceptors (Lipinski definition) is 8. The molecule has 0 aliphatic carbocycles. The van der Waals surface area contributed by atoms with Crippen LogP contribution in [0.15, 0.2) is 72.3 Å². The van der Waals surface area contributed by atoms with E-state index in [9.17, 15) is 14.7 Å². The maximum absolute atomic E-state index is 13.5. The van der Waals surface area contributed by atoms with E-state index < -0.39 is 17.7 Å². The molecule has 1 fully saturated rings. The van der Waals surface area contributed by atoms with Crippen LogP contribution in [-0.4, -0.2) is 42.1 Å². The molecule has 0 bridgehead atoms. The van der Waals surface area contributed by atoms with Crippen molar-refractivity contribution in [2.45, 2.75) is 19.9 Å². The fourth-order valence-corrected chi connectivity index (χ4v) is 5.49. The summed E-state index contributed by atoms with van der Waals surface area (Å²) in [6, 6.07) is 18.4. The van der Waals surface area contributed by atoms with Gasteiger partial charge in [-0.05, 0) is 61.9 Å². The number of rotatable bonds is 8. The number of benzene rings is 3. The predicted octanol–water partition coefficient (Wildman–Crippen LogP) is 5.73. The van der Waals surface area contributed by atoms with E-state index in [1.807, 2.05) is 32.0 Å². The molecule has 0 saturated carbocycles. The molecule has 1 saturated heterocycles. The van der Waals surface area contributed by atoms with Gasteiger partial charge in [-0.15, -0.1) is 0 Å². The summed E-state index contributed by atoms with van der Waals surface area (Å²) in [5.74, 6) is -0.0800. The van der Waals surface area contributed by atoms with Gasteiger partial charge in [0.1, 0.15) is 23.0 Å². The van der Waals surface area contributed by atoms with Crippen LogP contribution in [-0.2, 0) is 9.59 Å². The molecule has 1 atom stereocenters. The summed E-state index contributed by atoms with van der Waals surface area (Å²) in [5.41, 5.74) is 1.60. The maximum Gasteiger partial charge on any atom is 0.301 e. The molecule has 0 spiro atoms. The van der Waals surface area contributed by atoms with Gasteiger partial charge in [0.25, 0.3) is 5.78 Å². The lowest BCUT2D eigenvalue weighted by Gasteiger charge is -2.23. The monoisotopic (exact) mass is 530 g/mol. The van der Waals surface area contributed by atoms with E-state index in [0.29, 0.717) is 52.2 Å². The molecule has 9 heteroatoms. The molecule has 8 nitrogen and oxygen atoms in total. The highest BCUT2D eigenvalue weighted by molar-refractivity contribution is 7.22. The van der Waals surface area contributed by atoms with Crippen molar-refractivity contribution >= 4 is 44.1 Å². The first kappa shape index (κ1) is 25.3. The van der Waals surface area contributed by atoms with E-state index >= 15 is 0 Å². The average molecular weight is 531 g/mol. The quantitative estimate of drug-likeness (QED) is 0.177. The molecule has 1 unspecified atom stereocenters. The SMILES string of the molecule is CCOc1cccc(/C(O)=C2\C(=O)C(=O)N(c3nc4ccc(OCC)cc4s3)C2c2cccc(OC)c2)c1. The summed E-state index contributed by atoms with van der Waals surface area (Å²) in [7, 11) is 1.54. The molecule has 194 valence electrons. The van der Waals surface area contributed by atoms with Crippen molar-refractivity contribution in [1.29, 1.82) is 0 Å². The lowest BCUT2D eigenvalue weighted by Crippen LogP contribution is -2.29. The molecule has 1 aliphatic heterocycles. The Morgan fingerprint density at radius 2 is 1.66 bits per heavy atom. The molecule has 1 aliphatic rings. The number of hydrogen-bond donors (Lipinski definition) is 1. The highest BCUT2D eigenvalue weighted by Gasteiger charge is 2.48. The van der Waals surface area contributed by atoms with E-state index in [0.717, 1.165) is 4.70 Å². The first-order valence-corrected chi connectivity index (χ1v) is 13.0. The number of fused-ring (bicyclic) bond motifs is 1.